The van der Waals surface area contributed by atoms with Gasteiger partial charge in [-0.2, -0.15) is 0 Å². The fraction of sp³-hybridized carbons (Fsp3) is 0.533. The Morgan fingerprint density at radius 3 is 2.70 bits per heavy atom. The van der Waals surface area contributed by atoms with E-state index in [1.807, 2.05) is 0 Å². The second-order valence-electron chi connectivity index (χ2n) is 5.38. The Labute approximate surface area is 134 Å². The van der Waals surface area contributed by atoms with Gasteiger partial charge >= 0.3 is 0 Å². The molecule has 8 heteroatoms. The highest BCUT2D eigenvalue weighted by Gasteiger charge is 2.41. The highest BCUT2D eigenvalue weighted by molar-refractivity contribution is 5.83. The van der Waals surface area contributed by atoms with Crippen molar-refractivity contribution in [2.24, 2.45) is 10.7 Å². The van der Waals surface area contributed by atoms with E-state index in [1.165, 1.54) is 0 Å². The van der Waals surface area contributed by atoms with E-state index in [2.05, 4.69) is 10.3 Å². The van der Waals surface area contributed by atoms with Gasteiger partial charge in [-0.05, 0) is 12.1 Å². The predicted molar refractivity (Wildman–Crippen MR) is 84.3 cm³/mol. The molecular weight excluding hydrogens is 302 g/mol. The first-order valence-electron chi connectivity index (χ1n) is 7.44. The molecule has 1 heterocycles. The molecule has 0 radical (unpaired) electrons. The Morgan fingerprint density at radius 1 is 1.26 bits per heavy atom. The van der Waals surface area contributed by atoms with Crippen molar-refractivity contribution in [1.29, 1.82) is 0 Å². The Hall–Kier alpha value is -1.55. The maximum atomic E-state index is 9.84. The molecular formula is C15H23N3O5. The zero-order chi connectivity index (χ0) is 16.8. The lowest BCUT2D eigenvalue weighted by Gasteiger charge is -2.41. The first-order valence-corrected chi connectivity index (χ1v) is 7.44. The van der Waals surface area contributed by atoms with Gasteiger partial charge in [0.2, 0.25) is 0 Å². The van der Waals surface area contributed by atoms with Crippen LogP contribution in [0.1, 0.15) is 5.56 Å². The summed E-state index contributed by atoms with van der Waals surface area (Å²) in [6, 6.07) is 6.05. The van der Waals surface area contributed by atoms with Crippen molar-refractivity contribution in [2.75, 3.05) is 19.7 Å². The van der Waals surface area contributed by atoms with Crippen molar-refractivity contribution >= 4 is 6.21 Å². The van der Waals surface area contributed by atoms with Gasteiger partial charge in [-0.15, -0.1) is 0 Å². The number of hydrogen-bond donors (Lipinski definition) is 6. The van der Waals surface area contributed by atoms with Gasteiger partial charge in [0, 0.05) is 18.3 Å². The summed E-state index contributed by atoms with van der Waals surface area (Å²) < 4.78 is 5.43. The van der Waals surface area contributed by atoms with Crippen LogP contribution >= 0.6 is 0 Å². The van der Waals surface area contributed by atoms with E-state index >= 15 is 0 Å². The highest BCUT2D eigenvalue weighted by Crippen LogP contribution is 2.18. The minimum Gasteiger partial charge on any atom is -0.507 e. The third-order valence-corrected chi connectivity index (χ3v) is 3.73. The second kappa shape index (κ2) is 8.34. The van der Waals surface area contributed by atoms with Crippen LogP contribution in [0.25, 0.3) is 0 Å². The lowest BCUT2D eigenvalue weighted by Crippen LogP contribution is -2.65. The van der Waals surface area contributed by atoms with Crippen molar-refractivity contribution in [3.8, 4) is 5.75 Å². The maximum Gasteiger partial charge on any atom is 0.126 e. The maximum absolute atomic E-state index is 9.84. The normalized spacial score (nSPS) is 31.6. The highest BCUT2D eigenvalue weighted by atomic mass is 16.5. The molecule has 0 aliphatic carbocycles. The van der Waals surface area contributed by atoms with E-state index in [1.54, 1.807) is 30.5 Å². The van der Waals surface area contributed by atoms with Crippen molar-refractivity contribution < 1.29 is 25.2 Å². The van der Waals surface area contributed by atoms with E-state index in [-0.39, 0.29) is 5.75 Å². The summed E-state index contributed by atoms with van der Waals surface area (Å²) in [6.45, 7) is 0.418. The number of phenols is 1. The summed E-state index contributed by atoms with van der Waals surface area (Å²) in [5.41, 5.74) is 6.43. The van der Waals surface area contributed by atoms with Crippen molar-refractivity contribution in [1.82, 2.24) is 5.32 Å². The monoisotopic (exact) mass is 325 g/mol. The van der Waals surface area contributed by atoms with Crippen molar-refractivity contribution in [3.05, 3.63) is 29.8 Å². The zero-order valence-electron chi connectivity index (χ0n) is 12.6. The molecule has 2 rings (SSSR count). The van der Waals surface area contributed by atoms with Crippen LogP contribution in [0, 0.1) is 0 Å². The van der Waals surface area contributed by atoms with Crippen LogP contribution in [-0.2, 0) is 4.74 Å². The van der Waals surface area contributed by atoms with Gasteiger partial charge in [0.15, 0.2) is 0 Å². The summed E-state index contributed by atoms with van der Waals surface area (Å²) in [5.74, 6) is 0.157. The standard InChI is InChI=1S/C15H23N3O5/c16-12-14(22)13(21)11(8-19)23-15(12)18-6-5-17-7-9-3-1-2-4-10(9)20/h1-4,7,11-15,18-22H,5-6,8,16H2/t11-,12-,13-,14-,15-/m1/s1. The molecule has 0 saturated carbocycles. The molecule has 23 heavy (non-hydrogen) atoms. The molecule has 1 aromatic carbocycles. The molecule has 0 aromatic heterocycles. The van der Waals surface area contributed by atoms with Crippen molar-refractivity contribution in [2.45, 2.75) is 30.6 Å². The first kappa shape index (κ1) is 17.8. The summed E-state index contributed by atoms with van der Waals surface area (Å²) in [5, 5.41) is 41.2. The quantitative estimate of drug-likeness (QED) is 0.267. The average molecular weight is 325 g/mol. The third-order valence-electron chi connectivity index (χ3n) is 3.73. The number of para-hydroxylation sites is 1. The molecule has 1 aliphatic rings. The Bertz CT molecular complexity index is 526. The van der Waals surface area contributed by atoms with Crippen LogP contribution in [0.4, 0.5) is 0 Å². The summed E-state index contributed by atoms with van der Waals surface area (Å²) in [7, 11) is 0. The van der Waals surface area contributed by atoms with Gasteiger partial charge in [-0.1, -0.05) is 12.1 Å². The molecule has 7 N–H and O–H groups in total. The number of aliphatic imine (C=N–C) groups is 1. The predicted octanol–water partition coefficient (Wildman–Crippen LogP) is -1.83. The van der Waals surface area contributed by atoms with Crippen LogP contribution < -0.4 is 11.1 Å². The minimum atomic E-state index is -1.22. The number of aliphatic hydroxyl groups is 3. The van der Waals surface area contributed by atoms with Crippen LogP contribution in [0.3, 0.4) is 0 Å². The number of ether oxygens (including phenoxy) is 1. The topological polar surface area (TPSA) is 141 Å². The lowest BCUT2D eigenvalue weighted by molar-refractivity contribution is -0.196. The largest absolute Gasteiger partial charge is 0.507 e. The molecule has 1 aromatic rings. The van der Waals surface area contributed by atoms with Crippen LogP contribution in [0.2, 0.25) is 0 Å². The van der Waals surface area contributed by atoms with E-state index < -0.39 is 37.2 Å². The molecule has 0 amide bonds. The Balaban J connectivity index is 1.80. The number of nitrogens with zero attached hydrogens (tertiary/aromatic N) is 1. The molecule has 0 bridgehead atoms. The summed E-state index contributed by atoms with van der Waals surface area (Å²) >= 11 is 0. The van der Waals surface area contributed by atoms with Crippen LogP contribution in [0.15, 0.2) is 29.3 Å². The molecule has 1 fully saturated rings. The molecule has 5 atom stereocenters. The first-order chi connectivity index (χ1) is 11.0. The molecule has 0 unspecified atom stereocenters. The van der Waals surface area contributed by atoms with Gasteiger partial charge in [0.05, 0.1) is 19.2 Å². The molecule has 1 aliphatic heterocycles. The zero-order valence-corrected chi connectivity index (χ0v) is 12.6. The number of rotatable bonds is 6. The fourth-order valence-electron chi connectivity index (χ4n) is 2.35. The third kappa shape index (κ3) is 4.47. The van der Waals surface area contributed by atoms with E-state index in [0.717, 1.165) is 0 Å². The van der Waals surface area contributed by atoms with Gasteiger partial charge in [0.25, 0.3) is 0 Å². The van der Waals surface area contributed by atoms with Crippen LogP contribution in [-0.4, -0.2) is 76.9 Å². The molecule has 0 spiro atoms. The van der Waals surface area contributed by atoms with E-state index in [9.17, 15) is 15.3 Å². The van der Waals surface area contributed by atoms with Gasteiger partial charge in [-0.3, -0.25) is 10.3 Å². The smallest absolute Gasteiger partial charge is 0.126 e. The van der Waals surface area contributed by atoms with Gasteiger partial charge < -0.3 is 30.9 Å². The van der Waals surface area contributed by atoms with Gasteiger partial charge in [0.1, 0.15) is 30.3 Å². The van der Waals surface area contributed by atoms with Gasteiger partial charge in [-0.25, -0.2) is 0 Å². The Kier molecular flexibility index (Phi) is 6.46. The summed E-state index contributed by atoms with van der Waals surface area (Å²) in [6.07, 6.45) is -2.40. The van der Waals surface area contributed by atoms with Crippen LogP contribution in [0.5, 0.6) is 5.75 Å². The Morgan fingerprint density at radius 2 is 2.00 bits per heavy atom. The van der Waals surface area contributed by atoms with Crippen molar-refractivity contribution in [3.63, 3.8) is 0 Å². The fourth-order valence-corrected chi connectivity index (χ4v) is 2.35. The average Bonchev–Trinajstić information content (AvgIpc) is 2.56. The number of phenolic OH excluding ortho intramolecular Hbond substituents is 1. The minimum absolute atomic E-state index is 0.157. The number of aliphatic hydroxyl groups excluding tert-OH is 3. The number of nitrogens with one attached hydrogen (secondary N) is 1. The van der Waals surface area contributed by atoms with E-state index in [4.69, 9.17) is 15.6 Å². The molecule has 1 saturated heterocycles. The SMILES string of the molecule is N[C@@H]1[C@@H](O)[C@H](O)[C@@H](CO)O[C@H]1NCCN=Cc1ccccc1O. The lowest BCUT2D eigenvalue weighted by atomic mass is 9.97. The van der Waals surface area contributed by atoms with E-state index in [0.29, 0.717) is 18.7 Å². The number of benzene rings is 1. The number of aromatic hydroxyl groups is 1. The number of nitrogens with two attached hydrogens (primary N) is 1. The summed E-state index contributed by atoms with van der Waals surface area (Å²) in [4.78, 5) is 4.18. The molecule has 128 valence electrons. The second-order valence-corrected chi connectivity index (χ2v) is 5.38. The number of hydrogen-bond acceptors (Lipinski definition) is 8. The molecule has 8 nitrogen and oxygen atoms in total.